The summed E-state index contributed by atoms with van der Waals surface area (Å²) in [7, 11) is 1.35. The van der Waals surface area contributed by atoms with Crippen LogP contribution >= 0.6 is 0 Å². The number of nitrogens with zero attached hydrogens (tertiary/aromatic N) is 4. The van der Waals surface area contributed by atoms with E-state index in [4.69, 9.17) is 0 Å². The van der Waals surface area contributed by atoms with Gasteiger partial charge >= 0.3 is 5.97 Å². The number of hydrogen-bond donors (Lipinski definition) is 0. The molecule has 0 amide bonds. The fourth-order valence-corrected chi connectivity index (χ4v) is 1.49. The maximum absolute atomic E-state index is 11.2. The molecule has 2 aromatic rings. The second kappa shape index (κ2) is 5.90. The van der Waals surface area contributed by atoms with Crippen LogP contribution < -0.4 is 0 Å². The van der Waals surface area contributed by atoms with Gasteiger partial charge in [-0.15, -0.1) is 10.2 Å². The van der Waals surface area contributed by atoms with Crippen molar-refractivity contribution < 1.29 is 9.53 Å². The molecule has 1 aromatic heterocycles. The lowest BCUT2D eigenvalue weighted by Crippen LogP contribution is -2.05. The Kier molecular flexibility index (Phi) is 4.02. The molecule has 6 nitrogen and oxygen atoms in total. The lowest BCUT2D eigenvalue weighted by molar-refractivity contribution is -0.136. The van der Waals surface area contributed by atoms with E-state index in [1.165, 1.54) is 11.9 Å². The Hall–Kier alpha value is -2.50. The Morgan fingerprint density at radius 1 is 1.37 bits per heavy atom. The van der Waals surface area contributed by atoms with Gasteiger partial charge in [0.15, 0.2) is 0 Å². The number of esters is 1. The number of rotatable bonds is 4. The quantitative estimate of drug-likeness (QED) is 0.613. The summed E-state index contributed by atoms with van der Waals surface area (Å²) in [6, 6.07) is 9.58. The Morgan fingerprint density at radius 2 is 2.11 bits per heavy atom. The minimum absolute atomic E-state index is 0.358. The van der Waals surface area contributed by atoms with Crippen LogP contribution in [0, 0.1) is 0 Å². The molecule has 0 unspecified atom stereocenters. The van der Waals surface area contributed by atoms with Crippen LogP contribution in [0.3, 0.4) is 0 Å². The van der Waals surface area contributed by atoms with Crippen molar-refractivity contribution in [1.82, 2.24) is 20.2 Å². The maximum atomic E-state index is 11.2. The molecule has 98 valence electrons. The second-order valence-corrected chi connectivity index (χ2v) is 3.91. The van der Waals surface area contributed by atoms with E-state index in [2.05, 4.69) is 20.1 Å². The molecule has 0 aliphatic heterocycles. The van der Waals surface area contributed by atoms with E-state index in [0.29, 0.717) is 17.9 Å². The van der Waals surface area contributed by atoms with E-state index < -0.39 is 0 Å². The molecule has 2 rings (SSSR count). The number of aromatic nitrogens is 4. The lowest BCUT2D eigenvalue weighted by Gasteiger charge is -1.97. The van der Waals surface area contributed by atoms with Crippen LogP contribution in [0.25, 0.3) is 11.4 Å². The van der Waals surface area contributed by atoms with Gasteiger partial charge in [-0.25, -0.2) is 4.79 Å². The summed E-state index contributed by atoms with van der Waals surface area (Å²) in [6.45, 7) is 2.06. The fraction of sp³-hybridized carbons (Fsp3) is 0.231. The van der Waals surface area contributed by atoms with E-state index >= 15 is 0 Å². The topological polar surface area (TPSA) is 69.9 Å². The predicted octanol–water partition coefficient (Wildman–Crippen LogP) is 1.46. The Balaban J connectivity index is 2.08. The fourth-order valence-electron chi connectivity index (χ4n) is 1.49. The number of carbonyl (C=O) groups is 1. The van der Waals surface area contributed by atoms with E-state index in [0.717, 1.165) is 5.56 Å². The molecule has 0 radical (unpaired) electrons. The molecule has 0 saturated heterocycles. The lowest BCUT2D eigenvalue weighted by atomic mass is 10.2. The summed E-state index contributed by atoms with van der Waals surface area (Å²) >= 11 is 0. The first-order chi connectivity index (χ1) is 9.20. The third-order valence-electron chi connectivity index (χ3n) is 2.55. The van der Waals surface area contributed by atoms with E-state index in [9.17, 15) is 4.79 Å². The summed E-state index contributed by atoms with van der Waals surface area (Å²) in [5.74, 6) is 0.202. The zero-order valence-corrected chi connectivity index (χ0v) is 10.8. The molecular formula is C13H14N4O2. The molecule has 1 aromatic carbocycles. The molecule has 6 heteroatoms. The molecule has 0 aliphatic rings. The van der Waals surface area contributed by atoms with Crippen LogP contribution in [-0.4, -0.2) is 33.3 Å². The Bertz CT molecular complexity index is 590. The number of hydrogen-bond acceptors (Lipinski definition) is 5. The molecule has 0 fully saturated rings. The van der Waals surface area contributed by atoms with Gasteiger partial charge in [-0.05, 0) is 12.1 Å². The second-order valence-electron chi connectivity index (χ2n) is 3.91. The van der Waals surface area contributed by atoms with Crippen molar-refractivity contribution in [3.63, 3.8) is 0 Å². The molecular weight excluding hydrogens is 244 g/mol. The monoisotopic (exact) mass is 258 g/mol. The molecule has 0 saturated carbocycles. The normalized spacial score (nSPS) is 11.4. The van der Waals surface area contributed by atoms with Crippen LogP contribution in [0.5, 0.6) is 0 Å². The summed E-state index contributed by atoms with van der Waals surface area (Å²) in [4.78, 5) is 12.6. The number of carbonyl (C=O) groups excluding carboxylic acids is 1. The molecule has 0 spiro atoms. The highest BCUT2D eigenvalue weighted by Gasteiger charge is 2.06. The highest BCUT2D eigenvalue weighted by atomic mass is 16.5. The molecule has 0 aliphatic carbocycles. The highest BCUT2D eigenvalue weighted by molar-refractivity contribution is 5.87. The third-order valence-corrected chi connectivity index (χ3v) is 2.55. The molecule has 0 bridgehead atoms. The van der Waals surface area contributed by atoms with E-state index in [-0.39, 0.29) is 5.97 Å². The standard InChI is InChI=1S/C13H14N4O2/c1-10(13(18)19-2)8-9-17-15-12(14-16-17)11-6-4-3-5-7-11/h3-8H,9H2,1-2H3/b10-8-. The van der Waals surface area contributed by atoms with Crippen molar-refractivity contribution in [3.05, 3.63) is 42.0 Å². The van der Waals surface area contributed by atoms with Gasteiger partial charge in [0.1, 0.15) is 0 Å². The minimum Gasteiger partial charge on any atom is -0.466 e. The van der Waals surface area contributed by atoms with Crippen molar-refractivity contribution in [3.8, 4) is 11.4 Å². The number of methoxy groups -OCH3 is 1. The first kappa shape index (κ1) is 12.9. The van der Waals surface area contributed by atoms with Crippen LogP contribution in [-0.2, 0) is 16.1 Å². The molecule has 0 N–H and O–H groups in total. The summed E-state index contributed by atoms with van der Waals surface area (Å²) in [5, 5.41) is 12.1. The van der Waals surface area contributed by atoms with Crippen molar-refractivity contribution in [1.29, 1.82) is 0 Å². The van der Waals surface area contributed by atoms with Crippen LogP contribution in [0.1, 0.15) is 6.92 Å². The molecule has 19 heavy (non-hydrogen) atoms. The van der Waals surface area contributed by atoms with Crippen molar-refractivity contribution in [2.45, 2.75) is 13.5 Å². The van der Waals surface area contributed by atoms with Crippen LogP contribution in [0.4, 0.5) is 0 Å². The van der Waals surface area contributed by atoms with Crippen molar-refractivity contribution in [2.75, 3.05) is 7.11 Å². The zero-order chi connectivity index (χ0) is 13.7. The van der Waals surface area contributed by atoms with Crippen LogP contribution in [0.2, 0.25) is 0 Å². The average Bonchev–Trinajstić information content (AvgIpc) is 2.93. The summed E-state index contributed by atoms with van der Waals surface area (Å²) in [6.07, 6.45) is 1.70. The van der Waals surface area contributed by atoms with Crippen molar-refractivity contribution in [2.24, 2.45) is 0 Å². The minimum atomic E-state index is -0.358. The van der Waals surface area contributed by atoms with Crippen LogP contribution in [0.15, 0.2) is 42.0 Å². The van der Waals surface area contributed by atoms with E-state index in [1.54, 1.807) is 13.0 Å². The number of ether oxygens (including phenoxy) is 1. The summed E-state index contributed by atoms with van der Waals surface area (Å²) in [5.41, 5.74) is 1.42. The van der Waals surface area contributed by atoms with Gasteiger partial charge < -0.3 is 4.74 Å². The average molecular weight is 258 g/mol. The number of tetrazole rings is 1. The zero-order valence-electron chi connectivity index (χ0n) is 10.8. The Labute approximate surface area is 110 Å². The number of allylic oxidation sites excluding steroid dienone is 1. The first-order valence-corrected chi connectivity index (χ1v) is 5.79. The van der Waals surface area contributed by atoms with E-state index in [1.807, 2.05) is 30.3 Å². The smallest absolute Gasteiger partial charge is 0.333 e. The number of benzene rings is 1. The van der Waals surface area contributed by atoms with Gasteiger partial charge in [0.2, 0.25) is 5.82 Å². The Morgan fingerprint density at radius 3 is 2.79 bits per heavy atom. The third kappa shape index (κ3) is 3.25. The van der Waals surface area contributed by atoms with Gasteiger partial charge in [-0.3, -0.25) is 0 Å². The molecule has 1 heterocycles. The maximum Gasteiger partial charge on any atom is 0.333 e. The van der Waals surface area contributed by atoms with Crippen molar-refractivity contribution >= 4 is 5.97 Å². The van der Waals surface area contributed by atoms with Gasteiger partial charge in [0, 0.05) is 11.1 Å². The molecule has 0 atom stereocenters. The summed E-state index contributed by atoms with van der Waals surface area (Å²) < 4.78 is 4.60. The van der Waals surface area contributed by atoms with Gasteiger partial charge in [-0.2, -0.15) is 4.80 Å². The van der Waals surface area contributed by atoms with Gasteiger partial charge in [0.25, 0.3) is 0 Å². The van der Waals surface area contributed by atoms with Gasteiger partial charge in [0.05, 0.1) is 13.7 Å². The largest absolute Gasteiger partial charge is 0.466 e. The SMILES string of the molecule is COC(=O)/C(C)=C\Cn1nnc(-c2ccccc2)n1. The predicted molar refractivity (Wildman–Crippen MR) is 69.0 cm³/mol. The van der Waals surface area contributed by atoms with Gasteiger partial charge in [-0.1, -0.05) is 36.4 Å². The first-order valence-electron chi connectivity index (χ1n) is 5.79. The highest BCUT2D eigenvalue weighted by Crippen LogP contribution is 2.11.